The Balaban J connectivity index is 1.90. The van der Waals surface area contributed by atoms with Crippen molar-refractivity contribution >= 4 is 46.2 Å². The highest BCUT2D eigenvalue weighted by Gasteiger charge is 2.19. The maximum atomic E-state index is 14.1. The fourth-order valence-electron chi connectivity index (χ4n) is 3.16. The summed E-state index contributed by atoms with van der Waals surface area (Å²) in [5, 5.41) is 3.77. The SMILES string of the molecule is C/C(N)=N/c1ncc(N=C(N)c2c(N)cc(N3CCNC(C)C3)cc2Cl)cc1F. The summed E-state index contributed by atoms with van der Waals surface area (Å²) in [7, 11) is 0. The Morgan fingerprint density at radius 2 is 2.07 bits per heavy atom. The minimum absolute atomic E-state index is 0.0696. The molecule has 1 atom stereocenters. The van der Waals surface area contributed by atoms with Crippen LogP contribution in [0, 0.1) is 5.82 Å². The summed E-state index contributed by atoms with van der Waals surface area (Å²) in [6.45, 7) is 6.24. The first-order valence-electron chi connectivity index (χ1n) is 9.12. The average Bonchev–Trinajstić information content (AvgIpc) is 2.63. The average molecular weight is 419 g/mol. The number of aliphatic imine (C=N–C) groups is 2. The standard InChI is InChI=1S/C19H24ClFN8/c1-10-9-29(4-3-25-10)13-6-14(20)17(16(23)7-13)18(24)28-12-5-15(21)19(26-8-12)27-11(2)22/h5-8,10,25H,3-4,9,23H2,1-2H3,(H2,24,28)(H2,22,26,27). The van der Waals surface area contributed by atoms with E-state index in [2.05, 4.69) is 32.1 Å². The number of hydrogen-bond acceptors (Lipinski definition) is 6. The zero-order valence-electron chi connectivity index (χ0n) is 16.3. The second-order valence-corrected chi connectivity index (χ2v) is 7.35. The Hall–Kier alpha value is -2.91. The van der Waals surface area contributed by atoms with Gasteiger partial charge >= 0.3 is 0 Å². The molecule has 0 saturated carbocycles. The van der Waals surface area contributed by atoms with E-state index in [0.29, 0.717) is 22.3 Å². The van der Waals surface area contributed by atoms with Crippen LogP contribution < -0.4 is 27.4 Å². The zero-order chi connectivity index (χ0) is 21.1. The van der Waals surface area contributed by atoms with Crippen molar-refractivity contribution in [2.24, 2.45) is 21.5 Å². The van der Waals surface area contributed by atoms with Crippen molar-refractivity contribution in [1.29, 1.82) is 0 Å². The molecule has 1 aromatic heterocycles. The second-order valence-electron chi connectivity index (χ2n) is 6.94. The Kier molecular flexibility index (Phi) is 6.19. The van der Waals surface area contributed by atoms with Crippen LogP contribution >= 0.6 is 11.6 Å². The Bertz CT molecular complexity index is 948. The number of nitrogen functional groups attached to an aromatic ring is 1. The quantitative estimate of drug-likeness (QED) is 0.342. The molecule has 154 valence electrons. The van der Waals surface area contributed by atoms with Crippen LogP contribution in [0.15, 0.2) is 34.4 Å². The van der Waals surface area contributed by atoms with Gasteiger partial charge in [0.05, 0.1) is 28.3 Å². The van der Waals surface area contributed by atoms with Crippen LogP contribution in [0.3, 0.4) is 0 Å². The van der Waals surface area contributed by atoms with Gasteiger partial charge in [0, 0.05) is 43.1 Å². The first-order chi connectivity index (χ1) is 13.7. The molecule has 2 aromatic rings. The third-order valence-electron chi connectivity index (χ3n) is 4.43. The summed E-state index contributed by atoms with van der Waals surface area (Å²) < 4.78 is 14.1. The van der Waals surface area contributed by atoms with Gasteiger partial charge in [0.15, 0.2) is 11.6 Å². The van der Waals surface area contributed by atoms with E-state index < -0.39 is 5.82 Å². The van der Waals surface area contributed by atoms with E-state index in [1.165, 1.54) is 12.3 Å². The monoisotopic (exact) mass is 418 g/mol. The predicted octanol–water partition coefficient (Wildman–Crippen LogP) is 2.30. The summed E-state index contributed by atoms with van der Waals surface area (Å²) in [5.41, 5.74) is 19.7. The van der Waals surface area contributed by atoms with Crippen LogP contribution in [0.2, 0.25) is 5.02 Å². The smallest absolute Gasteiger partial charge is 0.190 e. The fourth-order valence-corrected chi connectivity index (χ4v) is 3.48. The van der Waals surface area contributed by atoms with Gasteiger partial charge in [0.1, 0.15) is 5.84 Å². The van der Waals surface area contributed by atoms with Crippen LogP contribution in [-0.2, 0) is 0 Å². The van der Waals surface area contributed by atoms with Crippen LogP contribution in [0.5, 0.6) is 0 Å². The maximum absolute atomic E-state index is 14.1. The van der Waals surface area contributed by atoms with Crippen LogP contribution in [0.1, 0.15) is 19.4 Å². The number of nitrogens with one attached hydrogen (secondary N) is 1. The third kappa shape index (κ3) is 4.93. The van der Waals surface area contributed by atoms with Gasteiger partial charge in [-0.15, -0.1) is 0 Å². The van der Waals surface area contributed by atoms with E-state index in [1.54, 1.807) is 6.92 Å². The molecule has 0 bridgehead atoms. The first-order valence-corrected chi connectivity index (χ1v) is 9.50. The molecule has 0 radical (unpaired) electrons. The lowest BCUT2D eigenvalue weighted by Gasteiger charge is -2.34. The van der Waals surface area contributed by atoms with Gasteiger partial charge in [-0.3, -0.25) is 0 Å². The lowest BCUT2D eigenvalue weighted by atomic mass is 10.1. The third-order valence-corrected chi connectivity index (χ3v) is 4.73. The lowest BCUT2D eigenvalue weighted by Crippen LogP contribution is -2.49. The summed E-state index contributed by atoms with van der Waals surface area (Å²) in [4.78, 5) is 14.1. The van der Waals surface area contributed by atoms with Gasteiger partial charge in [0.25, 0.3) is 0 Å². The summed E-state index contributed by atoms with van der Waals surface area (Å²) >= 11 is 6.46. The molecule has 0 aliphatic carbocycles. The van der Waals surface area contributed by atoms with E-state index in [0.717, 1.165) is 25.3 Å². The summed E-state index contributed by atoms with van der Waals surface area (Å²) in [6, 6.07) is 5.17. The number of nitrogens with two attached hydrogens (primary N) is 3. The molecule has 1 aliphatic heterocycles. The van der Waals surface area contributed by atoms with Crippen molar-refractivity contribution in [3.63, 3.8) is 0 Å². The molecule has 29 heavy (non-hydrogen) atoms. The van der Waals surface area contributed by atoms with Gasteiger partial charge in [-0.2, -0.15) is 0 Å². The highest BCUT2D eigenvalue weighted by Crippen LogP contribution is 2.31. The molecule has 1 fully saturated rings. The molecular formula is C19H24ClFN8. The van der Waals surface area contributed by atoms with Crippen molar-refractivity contribution in [1.82, 2.24) is 10.3 Å². The summed E-state index contributed by atoms with van der Waals surface area (Å²) in [6.07, 6.45) is 1.35. The molecule has 0 amide bonds. The molecule has 3 rings (SSSR count). The topological polar surface area (TPSA) is 131 Å². The Morgan fingerprint density at radius 3 is 2.69 bits per heavy atom. The zero-order valence-corrected chi connectivity index (χ0v) is 17.0. The number of amidine groups is 2. The number of halogens is 2. The van der Waals surface area contributed by atoms with E-state index >= 15 is 0 Å². The molecule has 0 spiro atoms. The first kappa shape index (κ1) is 20.8. The van der Waals surface area contributed by atoms with Gasteiger partial charge in [-0.25, -0.2) is 19.4 Å². The number of anilines is 2. The van der Waals surface area contributed by atoms with E-state index in [1.807, 2.05) is 12.1 Å². The van der Waals surface area contributed by atoms with E-state index in [4.69, 9.17) is 28.8 Å². The van der Waals surface area contributed by atoms with E-state index in [9.17, 15) is 4.39 Å². The van der Waals surface area contributed by atoms with Crippen LogP contribution in [0.4, 0.5) is 27.3 Å². The number of aromatic nitrogens is 1. The van der Waals surface area contributed by atoms with Gasteiger partial charge in [-0.05, 0) is 26.0 Å². The number of piperazine rings is 1. The highest BCUT2D eigenvalue weighted by molar-refractivity contribution is 6.35. The summed E-state index contributed by atoms with van der Waals surface area (Å²) in [5.74, 6) is -0.508. The van der Waals surface area contributed by atoms with Crippen LogP contribution in [-0.4, -0.2) is 42.3 Å². The largest absolute Gasteiger partial charge is 0.398 e. The van der Waals surface area contributed by atoms with Crippen molar-refractivity contribution < 1.29 is 4.39 Å². The molecule has 7 N–H and O–H groups in total. The van der Waals surface area contributed by atoms with Gasteiger partial charge in [0.2, 0.25) is 0 Å². The lowest BCUT2D eigenvalue weighted by molar-refractivity contribution is 0.485. The molecule has 8 nitrogen and oxygen atoms in total. The fraction of sp³-hybridized carbons (Fsp3) is 0.316. The van der Waals surface area contributed by atoms with Crippen molar-refractivity contribution in [2.45, 2.75) is 19.9 Å². The van der Waals surface area contributed by atoms with Gasteiger partial charge < -0.3 is 27.4 Å². The molecule has 1 saturated heterocycles. The Labute approximate surface area is 173 Å². The number of hydrogen-bond donors (Lipinski definition) is 4. The number of nitrogens with zero attached hydrogens (tertiary/aromatic N) is 4. The Morgan fingerprint density at radius 1 is 1.31 bits per heavy atom. The molecule has 1 unspecified atom stereocenters. The second kappa shape index (κ2) is 8.62. The molecule has 10 heteroatoms. The van der Waals surface area contributed by atoms with Crippen molar-refractivity contribution in [3.05, 3.63) is 40.8 Å². The van der Waals surface area contributed by atoms with Crippen LogP contribution in [0.25, 0.3) is 0 Å². The minimum atomic E-state index is -0.661. The molecule has 2 heterocycles. The van der Waals surface area contributed by atoms with Crippen molar-refractivity contribution in [2.75, 3.05) is 30.3 Å². The molecule has 1 aliphatic rings. The number of rotatable bonds is 4. The number of benzene rings is 1. The molecular weight excluding hydrogens is 395 g/mol. The maximum Gasteiger partial charge on any atom is 0.190 e. The highest BCUT2D eigenvalue weighted by atomic mass is 35.5. The predicted molar refractivity (Wildman–Crippen MR) is 117 cm³/mol. The van der Waals surface area contributed by atoms with Crippen molar-refractivity contribution in [3.8, 4) is 0 Å². The van der Waals surface area contributed by atoms with Gasteiger partial charge in [-0.1, -0.05) is 11.6 Å². The molecule has 1 aromatic carbocycles. The number of pyridine rings is 1. The normalized spacial score (nSPS) is 18.2. The van der Waals surface area contributed by atoms with E-state index in [-0.39, 0.29) is 23.2 Å². The minimum Gasteiger partial charge on any atom is -0.398 e.